The molecule has 2 aromatic rings. The summed E-state index contributed by atoms with van der Waals surface area (Å²) in [7, 11) is 0. The molecule has 2 atom stereocenters. The number of ketones is 1. The van der Waals surface area contributed by atoms with Gasteiger partial charge in [-0.3, -0.25) is 24.5 Å². The molecule has 2 unspecified atom stereocenters. The Labute approximate surface area is 193 Å². The molecule has 2 aromatic carbocycles. The summed E-state index contributed by atoms with van der Waals surface area (Å²) in [6.45, 7) is -1.50. The van der Waals surface area contributed by atoms with Gasteiger partial charge in [-0.2, -0.15) is 8.78 Å². The quantitative estimate of drug-likeness (QED) is 0.664. The zero-order valence-electron chi connectivity index (χ0n) is 20.5. The fraction of sp³-hybridized carbons (Fsp3) is 0.304. The molecule has 0 spiro atoms. The number of piperidine rings is 1. The van der Waals surface area contributed by atoms with E-state index in [2.05, 4.69) is 5.32 Å². The van der Waals surface area contributed by atoms with Crippen LogP contribution >= 0.6 is 11.6 Å². The molecular weight excluding hydrogens is 442 g/mol. The summed E-state index contributed by atoms with van der Waals surface area (Å²) in [5.41, 5.74) is -1.30. The molecule has 1 saturated heterocycles. The summed E-state index contributed by atoms with van der Waals surface area (Å²) in [6, 6.07) is 4.72. The van der Waals surface area contributed by atoms with Gasteiger partial charge in [-0.15, -0.1) is 0 Å². The van der Waals surface area contributed by atoms with Crippen molar-refractivity contribution in [2.45, 2.75) is 44.1 Å². The number of halogens is 3. The van der Waals surface area contributed by atoms with E-state index < -0.39 is 66.4 Å². The third-order valence-electron chi connectivity index (χ3n) is 5.25. The Morgan fingerprint density at radius 2 is 2.00 bits per heavy atom. The van der Waals surface area contributed by atoms with Gasteiger partial charge in [-0.25, -0.2) is 0 Å². The molecule has 1 N–H and O–H groups in total. The van der Waals surface area contributed by atoms with Crippen molar-refractivity contribution in [1.82, 2.24) is 10.2 Å². The first-order chi connectivity index (χ1) is 16.7. The zero-order chi connectivity index (χ0) is 26.6. The molecule has 6 nitrogen and oxygen atoms in total. The van der Waals surface area contributed by atoms with E-state index in [9.17, 15) is 28.0 Å². The van der Waals surface area contributed by atoms with Gasteiger partial charge in [0.1, 0.15) is 6.04 Å². The minimum Gasteiger partial charge on any atom is -0.322 e. The van der Waals surface area contributed by atoms with Gasteiger partial charge in [0.05, 0.1) is 2.74 Å². The summed E-state index contributed by atoms with van der Waals surface area (Å²) in [6.07, 6.45) is -3.97. The third-order valence-corrected chi connectivity index (χ3v) is 5.51. The molecule has 2 aliphatic rings. The number of carbonyl (C=O) groups is 4. The maximum atomic E-state index is 14.7. The largest absolute Gasteiger partial charge is 0.330 e. The maximum Gasteiger partial charge on any atom is 0.330 e. The van der Waals surface area contributed by atoms with Gasteiger partial charge in [0.15, 0.2) is 0 Å². The molecule has 2 aliphatic heterocycles. The number of amides is 3. The molecule has 1 fully saturated rings. The Bertz CT molecular complexity index is 1290. The highest BCUT2D eigenvalue weighted by Gasteiger charge is 2.41. The number of imide groups is 1. The molecule has 0 bridgehead atoms. The van der Waals surface area contributed by atoms with Crippen molar-refractivity contribution >= 4 is 35.1 Å². The van der Waals surface area contributed by atoms with Crippen LogP contribution in [0.3, 0.4) is 0 Å². The van der Waals surface area contributed by atoms with Crippen molar-refractivity contribution in [1.29, 1.82) is 0 Å². The van der Waals surface area contributed by atoms with Crippen molar-refractivity contribution in [3.63, 3.8) is 0 Å². The van der Waals surface area contributed by atoms with Crippen molar-refractivity contribution in [3.05, 3.63) is 69.7 Å². The lowest BCUT2D eigenvalue weighted by atomic mass is 9.97. The Hall–Kier alpha value is -3.13. The Balaban J connectivity index is 1.62. The van der Waals surface area contributed by atoms with Crippen LogP contribution in [-0.2, 0) is 33.2 Å². The highest BCUT2D eigenvalue weighted by Crippen LogP contribution is 2.32. The lowest BCUT2D eigenvalue weighted by Gasteiger charge is -2.29. The lowest BCUT2D eigenvalue weighted by molar-refractivity contribution is -0.144. The fourth-order valence-corrected chi connectivity index (χ4v) is 3.66. The number of carbonyl (C=O) groups excluding carboxylic acids is 4. The second-order valence-corrected chi connectivity index (χ2v) is 7.82. The van der Waals surface area contributed by atoms with Crippen LogP contribution < -0.4 is 5.32 Å². The van der Waals surface area contributed by atoms with E-state index in [1.54, 1.807) is 0 Å². The van der Waals surface area contributed by atoms with Crippen LogP contribution in [0.15, 0.2) is 42.4 Å². The SMILES string of the molecule is [2H]c1cc(C([2H])([2H])CC(=O)C(F)(F)c2ccc(Cl)cc2)cc2c1C(=O)N(C1CCC(=O)NC1=O)C2[2H]. The first-order valence-corrected chi connectivity index (χ1v) is 10.0. The minimum absolute atomic E-state index is 0.0188. The van der Waals surface area contributed by atoms with Gasteiger partial charge in [-0.05, 0) is 42.1 Å². The highest BCUT2D eigenvalue weighted by molar-refractivity contribution is 6.30. The topological polar surface area (TPSA) is 83.6 Å². The van der Waals surface area contributed by atoms with Crippen LogP contribution in [0.1, 0.15) is 51.8 Å². The van der Waals surface area contributed by atoms with E-state index in [1.807, 2.05) is 0 Å². The van der Waals surface area contributed by atoms with Crippen molar-refractivity contribution in [2.24, 2.45) is 0 Å². The van der Waals surface area contributed by atoms with Gasteiger partial charge in [0.25, 0.3) is 5.91 Å². The average molecular weight is 465 g/mol. The van der Waals surface area contributed by atoms with Gasteiger partial charge in [0, 0.05) is 38.3 Å². The summed E-state index contributed by atoms with van der Waals surface area (Å²) in [5, 5.41) is 2.28. The first-order valence-electron chi connectivity index (χ1n) is 11.7. The van der Waals surface area contributed by atoms with Crippen LogP contribution in [0, 0.1) is 0 Å². The molecule has 9 heteroatoms. The predicted molar refractivity (Wildman–Crippen MR) is 111 cm³/mol. The van der Waals surface area contributed by atoms with Crippen LogP contribution in [-0.4, -0.2) is 34.4 Å². The van der Waals surface area contributed by atoms with Gasteiger partial charge >= 0.3 is 5.92 Å². The van der Waals surface area contributed by atoms with Crippen molar-refractivity contribution < 1.29 is 33.4 Å². The molecule has 32 heavy (non-hydrogen) atoms. The van der Waals surface area contributed by atoms with Crippen molar-refractivity contribution in [2.75, 3.05) is 0 Å². The van der Waals surface area contributed by atoms with Crippen molar-refractivity contribution in [3.8, 4) is 0 Å². The third kappa shape index (κ3) is 4.14. The number of nitrogens with one attached hydrogen (secondary N) is 1. The Morgan fingerprint density at radius 3 is 2.69 bits per heavy atom. The molecular formula is C23H19ClF2N2O4. The van der Waals surface area contributed by atoms with E-state index in [0.717, 1.165) is 29.2 Å². The van der Waals surface area contributed by atoms with E-state index >= 15 is 0 Å². The number of rotatable bonds is 6. The van der Waals surface area contributed by atoms with E-state index in [1.165, 1.54) is 12.1 Å². The minimum atomic E-state index is -4.00. The number of fused-ring (bicyclic) bond motifs is 1. The molecule has 166 valence electrons. The average Bonchev–Trinajstić information content (AvgIpc) is 3.04. The Morgan fingerprint density at radius 1 is 1.28 bits per heavy atom. The summed E-state index contributed by atoms with van der Waals surface area (Å²) in [5.74, 6) is -7.79. The number of Topliss-reactive ketones (excluding diaryl/α,β-unsaturated/α-hetero) is 1. The molecule has 2 heterocycles. The zero-order valence-corrected chi connectivity index (χ0v) is 17.2. The standard InChI is InChI=1S/C23H19ClF2N2O4/c24-16-5-3-15(4-6-16)23(25,26)19(29)9-2-13-1-7-17-14(11-13)12-28(22(17)32)18-8-10-20(30)27-21(18)31/h1,3-7,11,18H,2,8-10,12H2,(H,27,30,31)/i2D2,7D,12D. The van der Waals surface area contributed by atoms with Gasteiger partial charge < -0.3 is 4.90 Å². The smallest absolute Gasteiger partial charge is 0.322 e. The van der Waals surface area contributed by atoms with E-state index in [-0.39, 0.29) is 34.6 Å². The molecule has 0 radical (unpaired) electrons. The predicted octanol–water partition coefficient (Wildman–Crippen LogP) is 3.39. The number of benzene rings is 2. The maximum absolute atomic E-state index is 14.7. The molecule has 0 aliphatic carbocycles. The number of hydrogen-bond acceptors (Lipinski definition) is 4. The Kier molecular flexibility index (Phi) is 4.59. The number of alkyl halides is 2. The van der Waals surface area contributed by atoms with Crippen LogP contribution in [0.25, 0.3) is 0 Å². The van der Waals surface area contributed by atoms with Crippen LogP contribution in [0.5, 0.6) is 0 Å². The van der Waals surface area contributed by atoms with Gasteiger partial charge in [-0.1, -0.05) is 35.9 Å². The molecule has 0 saturated carbocycles. The summed E-state index contributed by atoms with van der Waals surface area (Å²) >= 11 is 5.70. The molecule has 3 amide bonds. The number of aryl methyl sites for hydroxylation is 1. The summed E-state index contributed by atoms with van der Waals surface area (Å²) < 4.78 is 62.8. The monoisotopic (exact) mass is 464 g/mol. The van der Waals surface area contributed by atoms with E-state index in [0.29, 0.717) is 0 Å². The van der Waals surface area contributed by atoms with Gasteiger partial charge in [0.2, 0.25) is 17.6 Å². The lowest BCUT2D eigenvalue weighted by Crippen LogP contribution is -2.52. The number of nitrogens with zero attached hydrogens (tertiary/aromatic N) is 1. The second-order valence-electron chi connectivity index (χ2n) is 7.39. The molecule has 0 aromatic heterocycles. The van der Waals surface area contributed by atoms with Crippen LogP contribution in [0.2, 0.25) is 5.02 Å². The first kappa shape index (κ1) is 17.4. The summed E-state index contributed by atoms with van der Waals surface area (Å²) in [4.78, 5) is 50.0. The fourth-order valence-electron chi connectivity index (χ4n) is 3.53. The van der Waals surface area contributed by atoms with E-state index in [4.69, 9.17) is 17.1 Å². The normalized spacial score (nSPS) is 23.1. The second kappa shape index (κ2) is 8.43. The highest BCUT2D eigenvalue weighted by atomic mass is 35.5. The van der Waals surface area contributed by atoms with Crippen LogP contribution in [0.4, 0.5) is 8.78 Å². The number of hydrogen-bond donors (Lipinski definition) is 1. The molecule has 4 rings (SSSR count).